The van der Waals surface area contributed by atoms with Crippen molar-refractivity contribution in [2.24, 2.45) is 0 Å². The highest BCUT2D eigenvalue weighted by molar-refractivity contribution is 7.18. The van der Waals surface area contributed by atoms with Crippen LogP contribution in [0.25, 0.3) is 10.2 Å². The number of nitrogens with one attached hydrogen (secondary N) is 1. The fraction of sp³-hybridized carbons (Fsp3) is 0.222. The summed E-state index contributed by atoms with van der Waals surface area (Å²) in [5, 5.41) is 4.45. The number of benzene rings is 2. The molecule has 1 N–H and O–H groups in total. The predicted octanol–water partition coefficient (Wildman–Crippen LogP) is 4.34. The van der Waals surface area contributed by atoms with Gasteiger partial charge in [-0.1, -0.05) is 35.9 Å². The zero-order valence-electron chi connectivity index (χ0n) is 13.2. The smallest absolute Gasteiger partial charge is 0.246 e. The maximum Gasteiger partial charge on any atom is 0.246 e. The van der Waals surface area contributed by atoms with Gasteiger partial charge in [-0.15, -0.1) is 11.3 Å². The number of hydrogen-bond donors (Lipinski definition) is 1. The highest BCUT2D eigenvalue weighted by atomic mass is 35.5. The van der Waals surface area contributed by atoms with Gasteiger partial charge >= 0.3 is 0 Å². The summed E-state index contributed by atoms with van der Waals surface area (Å²) in [6.45, 7) is 2.27. The minimum atomic E-state index is -0.154. The van der Waals surface area contributed by atoms with Gasteiger partial charge in [0.15, 0.2) is 0 Å². The molecule has 124 valence electrons. The number of hydrogen-bond acceptors (Lipinski definition) is 4. The normalized spacial score (nSPS) is 12.2. The Labute approximate surface area is 149 Å². The summed E-state index contributed by atoms with van der Waals surface area (Å²) < 4.78 is 6.60. The maximum atomic E-state index is 12.0. The van der Waals surface area contributed by atoms with E-state index in [9.17, 15) is 4.79 Å². The van der Waals surface area contributed by atoms with Crippen molar-refractivity contribution in [1.82, 2.24) is 10.3 Å². The first kappa shape index (κ1) is 16.9. The van der Waals surface area contributed by atoms with Gasteiger partial charge in [0.05, 0.1) is 22.9 Å². The van der Waals surface area contributed by atoms with E-state index < -0.39 is 0 Å². The molecule has 6 heteroatoms. The number of carbonyl (C=O) groups excluding carboxylic acids is 1. The van der Waals surface area contributed by atoms with Crippen molar-refractivity contribution >= 4 is 39.1 Å². The minimum absolute atomic E-state index is 0.00779. The van der Waals surface area contributed by atoms with Crippen LogP contribution in [0.2, 0.25) is 5.02 Å². The van der Waals surface area contributed by atoms with Gasteiger partial charge < -0.3 is 10.1 Å². The van der Waals surface area contributed by atoms with Gasteiger partial charge in [-0.3, -0.25) is 4.79 Å². The molecule has 4 nitrogen and oxygen atoms in total. The Morgan fingerprint density at radius 3 is 2.75 bits per heavy atom. The van der Waals surface area contributed by atoms with Crippen molar-refractivity contribution in [1.29, 1.82) is 0 Å². The molecule has 0 saturated carbocycles. The monoisotopic (exact) mass is 360 g/mol. The van der Waals surface area contributed by atoms with Gasteiger partial charge in [-0.25, -0.2) is 4.98 Å². The second-order valence-corrected chi connectivity index (χ2v) is 6.96. The topological polar surface area (TPSA) is 51.2 Å². The SMILES string of the molecule is CC(NC(=O)COCc1nc2ccccc2s1)c1ccc(Cl)cc1. The molecule has 0 aliphatic rings. The first-order valence-electron chi connectivity index (χ1n) is 7.59. The molecule has 1 amide bonds. The first-order chi connectivity index (χ1) is 11.6. The van der Waals surface area contributed by atoms with Crippen LogP contribution in [0.1, 0.15) is 23.5 Å². The molecule has 0 radical (unpaired) electrons. The van der Waals surface area contributed by atoms with Gasteiger partial charge in [0.1, 0.15) is 11.6 Å². The quantitative estimate of drug-likeness (QED) is 0.711. The molecular weight excluding hydrogens is 344 g/mol. The second kappa shape index (κ2) is 7.75. The molecule has 0 bridgehead atoms. The van der Waals surface area contributed by atoms with Gasteiger partial charge in [0.2, 0.25) is 5.91 Å². The number of fused-ring (bicyclic) bond motifs is 1. The molecule has 0 spiro atoms. The van der Waals surface area contributed by atoms with Crippen molar-refractivity contribution in [2.45, 2.75) is 19.6 Å². The van der Waals surface area contributed by atoms with E-state index in [1.165, 1.54) is 0 Å². The van der Waals surface area contributed by atoms with Crippen molar-refractivity contribution in [3.8, 4) is 0 Å². The molecule has 1 atom stereocenters. The summed E-state index contributed by atoms with van der Waals surface area (Å²) in [5.41, 5.74) is 1.96. The van der Waals surface area contributed by atoms with E-state index in [4.69, 9.17) is 16.3 Å². The van der Waals surface area contributed by atoms with E-state index in [1.54, 1.807) is 11.3 Å². The lowest BCUT2D eigenvalue weighted by molar-refractivity contribution is -0.126. The average molecular weight is 361 g/mol. The van der Waals surface area contributed by atoms with Crippen LogP contribution >= 0.6 is 22.9 Å². The molecule has 0 saturated heterocycles. The zero-order chi connectivity index (χ0) is 16.9. The van der Waals surface area contributed by atoms with E-state index in [0.717, 1.165) is 20.8 Å². The van der Waals surface area contributed by atoms with Crippen LogP contribution in [-0.4, -0.2) is 17.5 Å². The molecule has 1 heterocycles. The second-order valence-electron chi connectivity index (χ2n) is 5.41. The molecule has 24 heavy (non-hydrogen) atoms. The van der Waals surface area contributed by atoms with Gasteiger partial charge in [-0.2, -0.15) is 0 Å². The summed E-state index contributed by atoms with van der Waals surface area (Å²) in [4.78, 5) is 16.5. The molecule has 2 aromatic carbocycles. The number of halogens is 1. The Balaban J connectivity index is 1.47. The number of carbonyl (C=O) groups is 1. The van der Waals surface area contributed by atoms with Gasteiger partial charge in [0, 0.05) is 5.02 Å². The summed E-state index contributed by atoms with van der Waals surface area (Å²) in [7, 11) is 0. The van der Waals surface area contributed by atoms with Gasteiger partial charge in [0.25, 0.3) is 0 Å². The van der Waals surface area contributed by atoms with Crippen LogP contribution in [0, 0.1) is 0 Å². The van der Waals surface area contributed by atoms with Crippen molar-refractivity contribution in [3.63, 3.8) is 0 Å². The highest BCUT2D eigenvalue weighted by Gasteiger charge is 2.10. The molecule has 0 fully saturated rings. The van der Waals surface area contributed by atoms with Crippen LogP contribution in [0.4, 0.5) is 0 Å². The van der Waals surface area contributed by atoms with Crippen molar-refractivity contribution in [2.75, 3.05) is 6.61 Å². The standard InChI is InChI=1S/C18H17ClN2O2S/c1-12(13-6-8-14(19)9-7-13)20-17(22)10-23-11-18-21-15-4-2-3-5-16(15)24-18/h2-9,12H,10-11H2,1H3,(H,20,22). The molecule has 1 unspecified atom stereocenters. The largest absolute Gasteiger partial charge is 0.364 e. The fourth-order valence-corrected chi connectivity index (χ4v) is 3.36. The summed E-state index contributed by atoms with van der Waals surface area (Å²) >= 11 is 7.45. The van der Waals surface area contributed by atoms with Crippen molar-refractivity contribution < 1.29 is 9.53 Å². The van der Waals surface area contributed by atoms with Gasteiger partial charge in [-0.05, 0) is 36.8 Å². The highest BCUT2D eigenvalue weighted by Crippen LogP contribution is 2.22. The number of rotatable bonds is 6. The van der Waals surface area contributed by atoms with E-state index in [1.807, 2.05) is 55.5 Å². The third kappa shape index (κ3) is 4.32. The summed E-state index contributed by atoms with van der Waals surface area (Å²) in [5.74, 6) is -0.154. The Morgan fingerprint density at radius 2 is 2.00 bits per heavy atom. The fourth-order valence-electron chi connectivity index (χ4n) is 2.33. The number of thiazole rings is 1. The van der Waals surface area contributed by atoms with Crippen LogP contribution < -0.4 is 5.32 Å². The van der Waals surface area contributed by atoms with E-state index in [2.05, 4.69) is 10.3 Å². The Hall–Kier alpha value is -1.95. The van der Waals surface area contributed by atoms with Crippen LogP contribution in [0.15, 0.2) is 48.5 Å². The number of amides is 1. The Kier molecular flexibility index (Phi) is 5.45. The minimum Gasteiger partial charge on any atom is -0.364 e. The number of aromatic nitrogens is 1. The average Bonchev–Trinajstić information content (AvgIpc) is 2.98. The van der Waals surface area contributed by atoms with E-state index in [-0.39, 0.29) is 18.6 Å². The van der Waals surface area contributed by atoms with E-state index >= 15 is 0 Å². The molecular formula is C18H17ClN2O2S. The maximum absolute atomic E-state index is 12.0. The molecule has 3 rings (SSSR count). The molecule has 0 aliphatic heterocycles. The zero-order valence-corrected chi connectivity index (χ0v) is 14.7. The number of ether oxygens (including phenoxy) is 1. The van der Waals surface area contributed by atoms with Crippen LogP contribution in [0.3, 0.4) is 0 Å². The number of nitrogens with zero attached hydrogens (tertiary/aromatic N) is 1. The number of para-hydroxylation sites is 1. The molecule has 0 aliphatic carbocycles. The Morgan fingerprint density at radius 1 is 1.25 bits per heavy atom. The lowest BCUT2D eigenvalue weighted by atomic mass is 10.1. The van der Waals surface area contributed by atoms with Crippen molar-refractivity contribution in [3.05, 3.63) is 64.1 Å². The lowest BCUT2D eigenvalue weighted by Crippen LogP contribution is -2.30. The van der Waals surface area contributed by atoms with E-state index in [0.29, 0.717) is 11.6 Å². The Bertz CT molecular complexity index is 799. The molecule has 1 aromatic heterocycles. The third-order valence-corrected chi connectivity index (χ3v) is 4.81. The summed E-state index contributed by atoms with van der Waals surface area (Å²) in [6, 6.07) is 15.2. The first-order valence-corrected chi connectivity index (χ1v) is 8.78. The molecule has 3 aromatic rings. The van der Waals surface area contributed by atoms with Crippen LogP contribution in [-0.2, 0) is 16.1 Å². The predicted molar refractivity (Wildman–Crippen MR) is 97.3 cm³/mol. The third-order valence-electron chi connectivity index (χ3n) is 3.54. The van der Waals surface area contributed by atoms with Crippen LogP contribution in [0.5, 0.6) is 0 Å². The lowest BCUT2D eigenvalue weighted by Gasteiger charge is -2.14. The summed E-state index contributed by atoms with van der Waals surface area (Å²) in [6.07, 6.45) is 0.